The fourth-order valence-corrected chi connectivity index (χ4v) is 5.27. The Kier molecular flexibility index (Phi) is 7.30. The molecule has 8 heteroatoms. The molecule has 3 heterocycles. The largest absolute Gasteiger partial charge is 0.303 e. The van der Waals surface area contributed by atoms with Gasteiger partial charge >= 0.3 is 0 Å². The van der Waals surface area contributed by atoms with Gasteiger partial charge in [0.05, 0.1) is 12.2 Å². The van der Waals surface area contributed by atoms with Gasteiger partial charge in [-0.2, -0.15) is 0 Å². The van der Waals surface area contributed by atoms with E-state index in [1.165, 1.54) is 49.8 Å². The molecular formula is C23H30F2N4OS. The second-order valence-corrected chi connectivity index (χ2v) is 9.80. The lowest BCUT2D eigenvalue weighted by atomic mass is 9.94. The average molecular weight is 449 g/mol. The highest BCUT2D eigenvalue weighted by atomic mass is 32.1. The fraction of sp³-hybridized carbons (Fsp3) is 0.565. The molecule has 1 aromatic carbocycles. The molecule has 1 N–H and O–H groups in total. The van der Waals surface area contributed by atoms with E-state index >= 15 is 0 Å². The summed E-state index contributed by atoms with van der Waals surface area (Å²) in [4.78, 5) is 21.7. The number of benzene rings is 1. The van der Waals surface area contributed by atoms with Crippen molar-refractivity contribution in [2.45, 2.75) is 32.6 Å². The Labute approximate surface area is 186 Å². The number of likely N-dealkylation sites (tertiary alicyclic amines) is 2. The third-order valence-corrected chi connectivity index (χ3v) is 7.09. The first-order chi connectivity index (χ1) is 15.0. The minimum Gasteiger partial charge on any atom is -0.303 e. The molecule has 0 bridgehead atoms. The van der Waals surface area contributed by atoms with Gasteiger partial charge in [0, 0.05) is 24.0 Å². The minimum atomic E-state index is -0.908. The zero-order valence-corrected chi connectivity index (χ0v) is 18.8. The molecule has 4 rings (SSSR count). The summed E-state index contributed by atoms with van der Waals surface area (Å²) >= 11 is 1.28. The van der Waals surface area contributed by atoms with Crippen LogP contribution in [0.2, 0.25) is 0 Å². The summed E-state index contributed by atoms with van der Waals surface area (Å²) in [5, 5.41) is 5.06. The van der Waals surface area contributed by atoms with E-state index in [-0.39, 0.29) is 5.91 Å². The predicted octanol–water partition coefficient (Wildman–Crippen LogP) is 4.47. The number of piperidine rings is 2. The number of amides is 1. The maximum atomic E-state index is 13.5. The number of aromatic nitrogens is 1. The summed E-state index contributed by atoms with van der Waals surface area (Å²) in [6, 6.07) is 3.68. The number of rotatable bonds is 6. The number of hydrogen-bond donors (Lipinski definition) is 1. The third kappa shape index (κ3) is 6.08. The molecule has 0 saturated carbocycles. The minimum absolute atomic E-state index is 0.0846. The Bertz CT molecular complexity index is 897. The molecule has 0 spiro atoms. The molecule has 1 amide bonds. The SMILES string of the molecule is CC1CCN(CC2CCCN(CC(=O)Nc3nc(-c4ccc(F)c(F)c4)cs3)C2)CC1. The molecule has 2 aliphatic rings. The van der Waals surface area contributed by atoms with E-state index in [4.69, 9.17) is 0 Å². The molecule has 5 nitrogen and oxygen atoms in total. The van der Waals surface area contributed by atoms with Crippen LogP contribution >= 0.6 is 11.3 Å². The Morgan fingerprint density at radius 1 is 1.16 bits per heavy atom. The number of nitrogens with zero attached hydrogens (tertiary/aromatic N) is 3. The van der Waals surface area contributed by atoms with Crippen LogP contribution in [0.5, 0.6) is 0 Å². The van der Waals surface area contributed by atoms with Crippen molar-refractivity contribution < 1.29 is 13.6 Å². The summed E-state index contributed by atoms with van der Waals surface area (Å²) in [6.07, 6.45) is 4.94. The molecule has 0 radical (unpaired) electrons. The van der Waals surface area contributed by atoms with Crippen molar-refractivity contribution in [2.75, 3.05) is 44.6 Å². The first-order valence-corrected chi connectivity index (χ1v) is 12.0. The summed E-state index contributed by atoms with van der Waals surface area (Å²) in [7, 11) is 0. The Morgan fingerprint density at radius 2 is 1.97 bits per heavy atom. The van der Waals surface area contributed by atoms with E-state index in [0.29, 0.717) is 28.9 Å². The van der Waals surface area contributed by atoms with Crippen LogP contribution in [-0.4, -0.2) is 60.0 Å². The van der Waals surface area contributed by atoms with Crippen molar-refractivity contribution in [2.24, 2.45) is 11.8 Å². The van der Waals surface area contributed by atoms with Crippen molar-refractivity contribution in [1.29, 1.82) is 0 Å². The zero-order valence-electron chi connectivity index (χ0n) is 17.9. The number of nitrogens with one attached hydrogen (secondary N) is 1. The molecule has 1 aromatic heterocycles. The monoisotopic (exact) mass is 448 g/mol. The maximum absolute atomic E-state index is 13.5. The van der Waals surface area contributed by atoms with Crippen LogP contribution in [0.3, 0.4) is 0 Å². The molecule has 2 saturated heterocycles. The molecule has 1 atom stereocenters. The van der Waals surface area contributed by atoms with Crippen LogP contribution in [0.15, 0.2) is 23.6 Å². The van der Waals surface area contributed by atoms with Gasteiger partial charge in [0.2, 0.25) is 5.91 Å². The van der Waals surface area contributed by atoms with Crippen LogP contribution in [0.1, 0.15) is 32.6 Å². The van der Waals surface area contributed by atoms with Gasteiger partial charge in [-0.15, -0.1) is 11.3 Å². The second kappa shape index (κ2) is 10.1. The quantitative estimate of drug-likeness (QED) is 0.708. The highest BCUT2D eigenvalue weighted by Crippen LogP contribution is 2.26. The van der Waals surface area contributed by atoms with Gasteiger partial charge in [0.1, 0.15) is 0 Å². The number of halogens is 2. The van der Waals surface area contributed by atoms with Crippen molar-refractivity contribution in [1.82, 2.24) is 14.8 Å². The zero-order chi connectivity index (χ0) is 21.8. The summed E-state index contributed by atoms with van der Waals surface area (Å²) in [5.74, 6) is -0.415. The Balaban J connectivity index is 1.26. The van der Waals surface area contributed by atoms with Crippen molar-refractivity contribution in [3.05, 3.63) is 35.2 Å². The molecule has 1 unspecified atom stereocenters. The van der Waals surface area contributed by atoms with Crippen molar-refractivity contribution in [3.8, 4) is 11.3 Å². The highest BCUT2D eigenvalue weighted by Gasteiger charge is 2.25. The van der Waals surface area contributed by atoms with Gasteiger partial charge in [-0.3, -0.25) is 9.69 Å². The summed E-state index contributed by atoms with van der Waals surface area (Å²) < 4.78 is 26.6. The number of anilines is 1. The average Bonchev–Trinajstić information content (AvgIpc) is 3.20. The normalized spacial score (nSPS) is 21.3. The molecule has 2 aliphatic heterocycles. The van der Waals surface area contributed by atoms with Crippen molar-refractivity contribution in [3.63, 3.8) is 0 Å². The predicted molar refractivity (Wildman–Crippen MR) is 120 cm³/mol. The first-order valence-electron chi connectivity index (χ1n) is 11.1. The van der Waals surface area contributed by atoms with E-state index in [2.05, 4.69) is 27.0 Å². The topological polar surface area (TPSA) is 48.5 Å². The lowest BCUT2D eigenvalue weighted by Gasteiger charge is -2.37. The molecule has 2 aromatic rings. The molecule has 168 valence electrons. The second-order valence-electron chi connectivity index (χ2n) is 8.94. The lowest BCUT2D eigenvalue weighted by molar-refractivity contribution is -0.117. The molecule has 0 aliphatic carbocycles. The van der Waals surface area contributed by atoms with Crippen LogP contribution < -0.4 is 5.32 Å². The molecular weight excluding hydrogens is 418 g/mol. The summed E-state index contributed by atoms with van der Waals surface area (Å²) in [5.41, 5.74) is 1.01. The van der Waals surface area contributed by atoms with E-state index < -0.39 is 11.6 Å². The number of thiazole rings is 1. The number of hydrogen-bond acceptors (Lipinski definition) is 5. The van der Waals surface area contributed by atoms with E-state index in [1.54, 1.807) is 5.38 Å². The van der Waals surface area contributed by atoms with Gasteiger partial charge in [-0.25, -0.2) is 13.8 Å². The van der Waals surface area contributed by atoms with E-state index in [0.717, 1.165) is 44.1 Å². The van der Waals surface area contributed by atoms with Crippen LogP contribution in [0.25, 0.3) is 11.3 Å². The molecule has 2 fully saturated rings. The van der Waals surface area contributed by atoms with Crippen LogP contribution in [-0.2, 0) is 4.79 Å². The van der Waals surface area contributed by atoms with Gasteiger partial charge in [-0.1, -0.05) is 6.92 Å². The fourth-order valence-electron chi connectivity index (χ4n) is 4.53. The summed E-state index contributed by atoms with van der Waals surface area (Å²) in [6.45, 7) is 8.12. The highest BCUT2D eigenvalue weighted by molar-refractivity contribution is 7.14. The third-order valence-electron chi connectivity index (χ3n) is 6.33. The van der Waals surface area contributed by atoms with Gasteiger partial charge < -0.3 is 10.2 Å². The standard InChI is InChI=1S/C23H30F2N4OS/c1-16-6-9-28(10-7-16)12-17-3-2-8-29(13-17)14-22(30)27-23-26-21(15-31-23)18-4-5-19(24)20(25)11-18/h4-5,11,15-17H,2-3,6-10,12-14H2,1H3,(H,26,27,30). The lowest BCUT2D eigenvalue weighted by Crippen LogP contribution is -2.45. The molecule has 31 heavy (non-hydrogen) atoms. The van der Waals surface area contributed by atoms with E-state index in [1.807, 2.05) is 0 Å². The van der Waals surface area contributed by atoms with Gasteiger partial charge in [0.25, 0.3) is 0 Å². The Hall–Kier alpha value is -1.90. The van der Waals surface area contributed by atoms with Gasteiger partial charge in [0.15, 0.2) is 16.8 Å². The van der Waals surface area contributed by atoms with E-state index in [9.17, 15) is 13.6 Å². The smallest absolute Gasteiger partial charge is 0.240 e. The van der Waals surface area contributed by atoms with Crippen LogP contribution in [0.4, 0.5) is 13.9 Å². The Morgan fingerprint density at radius 3 is 2.74 bits per heavy atom. The number of carbonyl (C=O) groups is 1. The van der Waals surface area contributed by atoms with Crippen molar-refractivity contribution >= 4 is 22.4 Å². The van der Waals surface area contributed by atoms with Gasteiger partial charge in [-0.05, 0) is 75.4 Å². The maximum Gasteiger partial charge on any atom is 0.240 e. The van der Waals surface area contributed by atoms with Crippen LogP contribution in [0, 0.1) is 23.5 Å². The number of carbonyl (C=O) groups excluding carboxylic acids is 1. The first kappa shape index (κ1) is 22.3.